The summed E-state index contributed by atoms with van der Waals surface area (Å²) in [5.74, 6) is -0.921. The number of anilines is 1. The SMILES string of the molecule is CC(C(=O)Nc1cc(Cl)ccc1F)N1CCN(S(C)(=O)=O)CC1. The van der Waals surface area contributed by atoms with E-state index in [0.717, 1.165) is 0 Å². The Morgan fingerprint density at radius 3 is 2.48 bits per heavy atom. The summed E-state index contributed by atoms with van der Waals surface area (Å²) in [6.45, 7) is 3.26. The van der Waals surface area contributed by atoms with Gasteiger partial charge in [-0.25, -0.2) is 12.8 Å². The molecule has 128 valence electrons. The highest BCUT2D eigenvalue weighted by atomic mass is 35.5. The summed E-state index contributed by atoms with van der Waals surface area (Å²) < 4.78 is 38.0. The van der Waals surface area contributed by atoms with Crippen LogP contribution in [-0.4, -0.2) is 62.0 Å². The smallest absolute Gasteiger partial charge is 0.241 e. The van der Waals surface area contributed by atoms with E-state index in [1.165, 1.54) is 28.8 Å². The average molecular weight is 364 g/mol. The Balaban J connectivity index is 1.97. The van der Waals surface area contributed by atoms with E-state index >= 15 is 0 Å². The van der Waals surface area contributed by atoms with Crippen LogP contribution in [0, 0.1) is 5.82 Å². The van der Waals surface area contributed by atoms with Crippen LogP contribution in [0.2, 0.25) is 5.02 Å². The molecule has 2 rings (SSSR count). The van der Waals surface area contributed by atoms with Crippen LogP contribution in [0.5, 0.6) is 0 Å². The second-order valence-electron chi connectivity index (χ2n) is 5.49. The van der Waals surface area contributed by atoms with Crippen molar-refractivity contribution in [2.24, 2.45) is 0 Å². The van der Waals surface area contributed by atoms with Crippen molar-refractivity contribution in [2.45, 2.75) is 13.0 Å². The quantitative estimate of drug-likeness (QED) is 0.877. The van der Waals surface area contributed by atoms with E-state index in [1.807, 2.05) is 4.90 Å². The van der Waals surface area contributed by atoms with Crippen molar-refractivity contribution in [2.75, 3.05) is 37.8 Å². The Hall–Kier alpha value is -1.22. The largest absolute Gasteiger partial charge is 0.322 e. The van der Waals surface area contributed by atoms with Gasteiger partial charge in [-0.15, -0.1) is 0 Å². The molecule has 23 heavy (non-hydrogen) atoms. The lowest BCUT2D eigenvalue weighted by atomic mass is 10.2. The van der Waals surface area contributed by atoms with E-state index < -0.39 is 21.9 Å². The third-order valence-electron chi connectivity index (χ3n) is 3.86. The number of hydrogen-bond acceptors (Lipinski definition) is 4. The Labute approximate surface area is 140 Å². The van der Waals surface area contributed by atoms with Crippen molar-refractivity contribution in [3.05, 3.63) is 29.0 Å². The van der Waals surface area contributed by atoms with E-state index in [-0.39, 0.29) is 11.6 Å². The number of amides is 1. The van der Waals surface area contributed by atoms with Crippen molar-refractivity contribution in [1.29, 1.82) is 0 Å². The highest BCUT2D eigenvalue weighted by Crippen LogP contribution is 2.20. The standard InChI is InChI=1S/C14H19ClFN3O3S/c1-10(18-5-7-19(8-6-18)23(2,21)22)14(20)17-13-9-11(15)3-4-12(13)16/h3-4,9-10H,5-8H2,1-2H3,(H,17,20). The minimum atomic E-state index is -3.21. The van der Waals surface area contributed by atoms with Gasteiger partial charge in [-0.05, 0) is 25.1 Å². The van der Waals surface area contributed by atoms with Crippen LogP contribution < -0.4 is 5.32 Å². The number of nitrogens with one attached hydrogen (secondary N) is 1. The summed E-state index contributed by atoms with van der Waals surface area (Å²) in [6.07, 6.45) is 1.17. The summed E-state index contributed by atoms with van der Waals surface area (Å²) in [5.41, 5.74) is 0.0316. The third-order valence-corrected chi connectivity index (χ3v) is 5.39. The van der Waals surface area contributed by atoms with Crippen molar-refractivity contribution in [3.8, 4) is 0 Å². The van der Waals surface area contributed by atoms with E-state index in [1.54, 1.807) is 6.92 Å². The summed E-state index contributed by atoms with van der Waals surface area (Å²) in [6, 6.07) is 3.44. The zero-order valence-corrected chi connectivity index (χ0v) is 14.5. The summed E-state index contributed by atoms with van der Waals surface area (Å²) in [4.78, 5) is 14.1. The fourth-order valence-electron chi connectivity index (χ4n) is 2.42. The van der Waals surface area contributed by atoms with Crippen LogP contribution in [0.4, 0.5) is 10.1 Å². The molecule has 1 unspecified atom stereocenters. The molecule has 1 aliphatic rings. The molecule has 0 aliphatic carbocycles. The van der Waals surface area contributed by atoms with Crippen LogP contribution in [0.25, 0.3) is 0 Å². The maximum atomic E-state index is 13.7. The Morgan fingerprint density at radius 2 is 1.91 bits per heavy atom. The van der Waals surface area contributed by atoms with Gasteiger partial charge in [0.2, 0.25) is 15.9 Å². The molecule has 0 saturated carbocycles. The first-order valence-electron chi connectivity index (χ1n) is 7.13. The molecule has 0 radical (unpaired) electrons. The Bertz CT molecular complexity index is 691. The number of sulfonamides is 1. The van der Waals surface area contributed by atoms with E-state index in [2.05, 4.69) is 5.32 Å². The minimum absolute atomic E-state index is 0.0316. The van der Waals surface area contributed by atoms with Gasteiger partial charge in [0.1, 0.15) is 5.82 Å². The van der Waals surface area contributed by atoms with Crippen molar-refractivity contribution < 1.29 is 17.6 Å². The zero-order valence-electron chi connectivity index (χ0n) is 12.9. The number of benzene rings is 1. The molecule has 1 fully saturated rings. The normalized spacial score (nSPS) is 18.6. The molecule has 1 atom stereocenters. The second kappa shape index (κ2) is 7.12. The van der Waals surface area contributed by atoms with Gasteiger partial charge >= 0.3 is 0 Å². The number of carbonyl (C=O) groups is 1. The number of carbonyl (C=O) groups excluding carboxylic acids is 1. The minimum Gasteiger partial charge on any atom is -0.322 e. The Morgan fingerprint density at radius 1 is 1.30 bits per heavy atom. The van der Waals surface area contributed by atoms with Gasteiger partial charge in [0, 0.05) is 31.2 Å². The first kappa shape index (κ1) is 18.1. The van der Waals surface area contributed by atoms with Crippen LogP contribution in [0.3, 0.4) is 0 Å². The molecule has 1 aliphatic heterocycles. The molecule has 1 aromatic rings. The highest BCUT2D eigenvalue weighted by molar-refractivity contribution is 7.88. The van der Waals surface area contributed by atoms with Gasteiger partial charge in [-0.3, -0.25) is 9.69 Å². The molecular weight excluding hydrogens is 345 g/mol. The molecule has 1 heterocycles. The molecule has 9 heteroatoms. The lowest BCUT2D eigenvalue weighted by molar-refractivity contribution is -0.121. The Kier molecular flexibility index (Phi) is 5.61. The molecule has 1 amide bonds. The number of hydrogen-bond donors (Lipinski definition) is 1. The lowest BCUT2D eigenvalue weighted by Gasteiger charge is -2.36. The van der Waals surface area contributed by atoms with Crippen molar-refractivity contribution >= 4 is 33.2 Å². The summed E-state index contributed by atoms with van der Waals surface area (Å²) in [7, 11) is -3.21. The lowest BCUT2D eigenvalue weighted by Crippen LogP contribution is -2.53. The summed E-state index contributed by atoms with van der Waals surface area (Å²) >= 11 is 5.80. The van der Waals surface area contributed by atoms with Crippen molar-refractivity contribution in [1.82, 2.24) is 9.21 Å². The number of rotatable bonds is 4. The van der Waals surface area contributed by atoms with Gasteiger partial charge in [0.05, 0.1) is 18.0 Å². The second-order valence-corrected chi connectivity index (χ2v) is 7.91. The predicted octanol–water partition coefficient (Wildman–Crippen LogP) is 1.38. The average Bonchev–Trinajstić information content (AvgIpc) is 2.49. The molecule has 6 nitrogen and oxygen atoms in total. The van der Waals surface area contributed by atoms with E-state index in [9.17, 15) is 17.6 Å². The molecule has 0 aromatic heterocycles. The first-order chi connectivity index (χ1) is 10.7. The van der Waals surface area contributed by atoms with E-state index in [4.69, 9.17) is 11.6 Å². The fraction of sp³-hybridized carbons (Fsp3) is 0.500. The molecule has 0 bridgehead atoms. The van der Waals surface area contributed by atoms with E-state index in [0.29, 0.717) is 31.2 Å². The monoisotopic (exact) mass is 363 g/mol. The number of halogens is 2. The molecule has 0 spiro atoms. The molecular formula is C14H19ClFN3O3S. The molecule has 1 N–H and O–H groups in total. The molecule has 1 aromatic carbocycles. The first-order valence-corrected chi connectivity index (χ1v) is 9.36. The van der Waals surface area contributed by atoms with Gasteiger partial charge in [-0.1, -0.05) is 11.6 Å². The fourth-order valence-corrected chi connectivity index (χ4v) is 3.42. The van der Waals surface area contributed by atoms with Gasteiger partial charge in [0.15, 0.2) is 0 Å². The van der Waals surface area contributed by atoms with Gasteiger partial charge in [-0.2, -0.15) is 4.31 Å². The highest BCUT2D eigenvalue weighted by Gasteiger charge is 2.29. The summed E-state index contributed by atoms with van der Waals surface area (Å²) in [5, 5.41) is 2.85. The van der Waals surface area contributed by atoms with Crippen LogP contribution >= 0.6 is 11.6 Å². The maximum Gasteiger partial charge on any atom is 0.241 e. The third kappa shape index (κ3) is 4.63. The van der Waals surface area contributed by atoms with Gasteiger partial charge in [0.25, 0.3) is 0 Å². The predicted molar refractivity (Wildman–Crippen MR) is 87.5 cm³/mol. The van der Waals surface area contributed by atoms with Crippen LogP contribution in [0.15, 0.2) is 18.2 Å². The number of piperazine rings is 1. The van der Waals surface area contributed by atoms with Gasteiger partial charge < -0.3 is 5.32 Å². The van der Waals surface area contributed by atoms with Crippen LogP contribution in [-0.2, 0) is 14.8 Å². The molecule has 1 saturated heterocycles. The maximum absolute atomic E-state index is 13.7. The number of nitrogens with zero attached hydrogens (tertiary/aromatic N) is 2. The van der Waals surface area contributed by atoms with Crippen LogP contribution in [0.1, 0.15) is 6.92 Å². The zero-order chi connectivity index (χ0) is 17.2. The van der Waals surface area contributed by atoms with Crippen molar-refractivity contribution in [3.63, 3.8) is 0 Å². The topological polar surface area (TPSA) is 69.7 Å².